The van der Waals surface area contributed by atoms with Crippen molar-refractivity contribution in [2.24, 2.45) is 11.8 Å². The van der Waals surface area contributed by atoms with Gasteiger partial charge in [-0.2, -0.15) is 0 Å². The van der Waals surface area contributed by atoms with Gasteiger partial charge >= 0.3 is 0 Å². The molecular weight excluding hydrogens is 260 g/mol. The summed E-state index contributed by atoms with van der Waals surface area (Å²) in [7, 11) is 0. The topological polar surface area (TPSA) is 29.1 Å². The molecule has 0 bridgehead atoms. The largest absolute Gasteiger partial charge is 0.352 e. The van der Waals surface area contributed by atoms with E-state index in [0.29, 0.717) is 12.5 Å². The van der Waals surface area contributed by atoms with Crippen LogP contribution in [0, 0.1) is 23.5 Å². The lowest BCUT2D eigenvalue weighted by Crippen LogP contribution is -2.27. The number of nitrogens with one attached hydrogen (secondary N) is 1. The third-order valence-corrected chi connectivity index (χ3v) is 4.17. The van der Waals surface area contributed by atoms with Crippen LogP contribution in [0.3, 0.4) is 0 Å². The molecule has 110 valence electrons. The van der Waals surface area contributed by atoms with Gasteiger partial charge in [0.1, 0.15) is 0 Å². The molecule has 2 nitrogen and oxygen atoms in total. The summed E-state index contributed by atoms with van der Waals surface area (Å²) in [6.07, 6.45) is 5.81. The van der Waals surface area contributed by atoms with Crippen LogP contribution in [0.5, 0.6) is 0 Å². The predicted octanol–water partition coefficient (Wildman–Crippen LogP) is 3.91. The Hall–Kier alpha value is -1.45. The minimum atomic E-state index is -1.07. The third-order valence-electron chi connectivity index (χ3n) is 4.17. The fraction of sp³-hybridized carbons (Fsp3) is 0.562. The molecule has 1 saturated carbocycles. The molecule has 0 radical (unpaired) electrons. The summed E-state index contributed by atoms with van der Waals surface area (Å²) in [5, 5.41) is 2.68. The Bertz CT molecular complexity index is 468. The summed E-state index contributed by atoms with van der Waals surface area (Å²) >= 11 is 0. The van der Waals surface area contributed by atoms with Gasteiger partial charge in [-0.1, -0.05) is 38.7 Å². The van der Waals surface area contributed by atoms with E-state index >= 15 is 0 Å². The van der Waals surface area contributed by atoms with Gasteiger partial charge in [0.15, 0.2) is 11.6 Å². The Labute approximate surface area is 118 Å². The lowest BCUT2D eigenvalue weighted by Gasteiger charge is -2.26. The van der Waals surface area contributed by atoms with Crippen molar-refractivity contribution in [3.8, 4) is 0 Å². The minimum Gasteiger partial charge on any atom is -0.352 e. The average molecular weight is 281 g/mol. The van der Waals surface area contributed by atoms with Crippen molar-refractivity contribution in [1.82, 2.24) is 5.32 Å². The molecule has 0 aliphatic heterocycles. The third kappa shape index (κ3) is 3.78. The van der Waals surface area contributed by atoms with Crippen molar-refractivity contribution in [2.75, 3.05) is 6.54 Å². The maximum atomic E-state index is 13.4. The van der Waals surface area contributed by atoms with Gasteiger partial charge in [0.25, 0.3) is 5.91 Å². The molecule has 1 N–H and O–H groups in total. The van der Waals surface area contributed by atoms with Crippen molar-refractivity contribution in [3.63, 3.8) is 0 Å². The summed E-state index contributed by atoms with van der Waals surface area (Å²) in [4.78, 5) is 11.8. The van der Waals surface area contributed by atoms with Crippen LogP contribution >= 0.6 is 0 Å². The first kappa shape index (κ1) is 14.9. The SMILES string of the molecule is CC1CCC(CCNC(=O)c2cccc(F)c2F)CC1. The normalized spacial score (nSPS) is 22.6. The number of carbonyl (C=O) groups is 1. The first-order chi connectivity index (χ1) is 9.58. The molecule has 1 amide bonds. The number of amides is 1. The molecule has 4 heteroatoms. The Kier molecular flexibility index (Phi) is 5.10. The molecule has 20 heavy (non-hydrogen) atoms. The summed E-state index contributed by atoms with van der Waals surface area (Å²) in [6, 6.07) is 3.65. The number of halogens is 2. The van der Waals surface area contributed by atoms with E-state index in [0.717, 1.165) is 18.4 Å². The van der Waals surface area contributed by atoms with E-state index in [1.807, 2.05) is 0 Å². The second-order valence-electron chi connectivity index (χ2n) is 5.77. The summed E-state index contributed by atoms with van der Waals surface area (Å²) in [5.74, 6) is -1.15. The highest BCUT2D eigenvalue weighted by Crippen LogP contribution is 2.29. The molecule has 0 heterocycles. The Morgan fingerprint density at radius 2 is 1.95 bits per heavy atom. The van der Waals surface area contributed by atoms with Crippen molar-refractivity contribution >= 4 is 5.91 Å². The molecular formula is C16H21F2NO. The van der Waals surface area contributed by atoms with Crippen LogP contribution in [0.25, 0.3) is 0 Å². The van der Waals surface area contributed by atoms with Crippen molar-refractivity contribution in [1.29, 1.82) is 0 Å². The van der Waals surface area contributed by atoms with Crippen LogP contribution in [0.4, 0.5) is 8.78 Å². The van der Waals surface area contributed by atoms with Gasteiger partial charge in [-0.3, -0.25) is 4.79 Å². The predicted molar refractivity (Wildman–Crippen MR) is 74.4 cm³/mol. The van der Waals surface area contributed by atoms with Gasteiger partial charge in [-0.15, -0.1) is 0 Å². The molecule has 0 aromatic heterocycles. The van der Waals surface area contributed by atoms with Crippen LogP contribution in [0.1, 0.15) is 49.4 Å². The quantitative estimate of drug-likeness (QED) is 0.890. The van der Waals surface area contributed by atoms with Gasteiger partial charge in [-0.05, 0) is 30.4 Å². The van der Waals surface area contributed by atoms with Crippen molar-refractivity contribution in [2.45, 2.75) is 39.0 Å². The van der Waals surface area contributed by atoms with Gasteiger partial charge in [0, 0.05) is 6.54 Å². The second-order valence-corrected chi connectivity index (χ2v) is 5.77. The molecule has 1 aromatic rings. The van der Waals surface area contributed by atoms with E-state index in [1.54, 1.807) is 0 Å². The Balaban J connectivity index is 1.79. The molecule has 0 saturated heterocycles. The second kappa shape index (κ2) is 6.82. The van der Waals surface area contributed by atoms with Crippen LogP contribution in [-0.2, 0) is 0 Å². The van der Waals surface area contributed by atoms with E-state index in [1.165, 1.54) is 37.8 Å². The van der Waals surface area contributed by atoms with Gasteiger partial charge in [0.05, 0.1) is 5.56 Å². The average Bonchev–Trinajstić information content (AvgIpc) is 2.44. The number of hydrogen-bond acceptors (Lipinski definition) is 1. The minimum absolute atomic E-state index is 0.220. The molecule has 0 unspecified atom stereocenters. The zero-order chi connectivity index (χ0) is 14.5. The first-order valence-corrected chi connectivity index (χ1v) is 7.30. The zero-order valence-electron chi connectivity index (χ0n) is 11.8. The summed E-state index contributed by atoms with van der Waals surface area (Å²) in [6.45, 7) is 2.79. The fourth-order valence-corrected chi connectivity index (χ4v) is 2.78. The highest BCUT2D eigenvalue weighted by atomic mass is 19.2. The first-order valence-electron chi connectivity index (χ1n) is 7.30. The standard InChI is InChI=1S/C16H21F2NO/c1-11-5-7-12(8-6-11)9-10-19-16(20)13-3-2-4-14(17)15(13)18/h2-4,11-12H,5-10H2,1H3,(H,19,20). The van der Waals surface area contributed by atoms with E-state index in [9.17, 15) is 13.6 Å². The Morgan fingerprint density at radius 3 is 2.65 bits per heavy atom. The number of rotatable bonds is 4. The van der Waals surface area contributed by atoms with E-state index in [4.69, 9.17) is 0 Å². The van der Waals surface area contributed by atoms with Crippen molar-refractivity contribution in [3.05, 3.63) is 35.4 Å². The highest BCUT2D eigenvalue weighted by molar-refractivity contribution is 5.94. The maximum Gasteiger partial charge on any atom is 0.254 e. The summed E-state index contributed by atoms with van der Waals surface area (Å²) < 4.78 is 26.5. The number of benzene rings is 1. The smallest absolute Gasteiger partial charge is 0.254 e. The van der Waals surface area contributed by atoms with E-state index < -0.39 is 17.5 Å². The van der Waals surface area contributed by atoms with E-state index in [-0.39, 0.29) is 5.56 Å². The number of carbonyl (C=O) groups excluding carboxylic acids is 1. The maximum absolute atomic E-state index is 13.4. The van der Waals surface area contributed by atoms with Crippen LogP contribution in [0.15, 0.2) is 18.2 Å². The van der Waals surface area contributed by atoms with Crippen LogP contribution in [-0.4, -0.2) is 12.5 Å². The van der Waals surface area contributed by atoms with E-state index in [2.05, 4.69) is 12.2 Å². The van der Waals surface area contributed by atoms with Crippen LogP contribution in [0.2, 0.25) is 0 Å². The molecule has 2 rings (SSSR count). The van der Waals surface area contributed by atoms with Gasteiger partial charge in [0.2, 0.25) is 0 Å². The number of hydrogen-bond donors (Lipinski definition) is 1. The fourth-order valence-electron chi connectivity index (χ4n) is 2.78. The molecule has 1 aliphatic rings. The lowest BCUT2D eigenvalue weighted by molar-refractivity contribution is 0.0944. The monoisotopic (exact) mass is 281 g/mol. The van der Waals surface area contributed by atoms with Gasteiger partial charge < -0.3 is 5.32 Å². The molecule has 1 aromatic carbocycles. The molecule has 1 fully saturated rings. The van der Waals surface area contributed by atoms with Crippen LogP contribution < -0.4 is 5.32 Å². The molecule has 0 atom stereocenters. The molecule has 1 aliphatic carbocycles. The van der Waals surface area contributed by atoms with Gasteiger partial charge in [-0.25, -0.2) is 8.78 Å². The lowest BCUT2D eigenvalue weighted by atomic mass is 9.81. The zero-order valence-corrected chi connectivity index (χ0v) is 11.8. The van der Waals surface area contributed by atoms with Crippen molar-refractivity contribution < 1.29 is 13.6 Å². The highest BCUT2D eigenvalue weighted by Gasteiger charge is 2.19. The summed E-state index contributed by atoms with van der Waals surface area (Å²) in [5.41, 5.74) is -0.220. The molecule has 0 spiro atoms. The Morgan fingerprint density at radius 1 is 1.25 bits per heavy atom.